The predicted molar refractivity (Wildman–Crippen MR) is 148 cm³/mol. The van der Waals surface area contributed by atoms with Crippen molar-refractivity contribution in [3.8, 4) is 0 Å². The summed E-state index contributed by atoms with van der Waals surface area (Å²) in [6, 6.07) is 21.1. The lowest BCUT2D eigenvalue weighted by molar-refractivity contribution is -0.143. The smallest absolute Gasteiger partial charge is 0.239 e. The summed E-state index contributed by atoms with van der Waals surface area (Å²) in [7, 11) is 0. The number of rotatable bonds is 5. The SMILES string of the molecule is Cc1ccccc1[C@@H]1c2ccsc2CCN1[C@H](C)C(=O)N1CCN(C(=O)[C@H]2C[C@H]2c2ccccc2)CC1. The Morgan fingerprint density at radius 3 is 2.32 bits per heavy atom. The quantitative estimate of drug-likeness (QED) is 0.489. The molecule has 0 bridgehead atoms. The van der Waals surface area contributed by atoms with Crippen molar-refractivity contribution in [3.63, 3.8) is 0 Å². The van der Waals surface area contributed by atoms with Crippen molar-refractivity contribution in [1.82, 2.24) is 14.7 Å². The van der Waals surface area contributed by atoms with E-state index in [9.17, 15) is 9.59 Å². The number of hydrogen-bond acceptors (Lipinski definition) is 4. The zero-order valence-electron chi connectivity index (χ0n) is 21.7. The molecule has 4 atom stereocenters. The fourth-order valence-corrected chi connectivity index (χ4v) is 7.22. The molecule has 3 aromatic rings. The van der Waals surface area contributed by atoms with E-state index in [1.165, 1.54) is 27.1 Å². The Kier molecular flexibility index (Phi) is 6.63. The maximum absolute atomic E-state index is 13.8. The van der Waals surface area contributed by atoms with Crippen molar-refractivity contribution in [1.29, 1.82) is 0 Å². The number of carbonyl (C=O) groups excluding carboxylic acids is 2. The second kappa shape index (κ2) is 10.1. The van der Waals surface area contributed by atoms with Crippen LogP contribution < -0.4 is 0 Å². The third kappa shape index (κ3) is 4.62. The monoisotopic (exact) mass is 513 g/mol. The molecule has 1 aromatic heterocycles. The number of fused-ring (bicyclic) bond motifs is 1. The van der Waals surface area contributed by atoms with Gasteiger partial charge in [-0.15, -0.1) is 11.3 Å². The molecule has 2 aromatic carbocycles. The Hall–Kier alpha value is -2.96. The number of thiophene rings is 1. The molecule has 0 unspecified atom stereocenters. The molecule has 1 saturated heterocycles. The molecule has 2 fully saturated rings. The Morgan fingerprint density at radius 2 is 1.57 bits per heavy atom. The van der Waals surface area contributed by atoms with Crippen LogP contribution in [0.5, 0.6) is 0 Å². The molecule has 5 nitrogen and oxygen atoms in total. The summed E-state index contributed by atoms with van der Waals surface area (Å²) < 4.78 is 0. The molecule has 6 heteroatoms. The fraction of sp³-hybridized carbons (Fsp3) is 0.419. The van der Waals surface area contributed by atoms with Crippen molar-refractivity contribution in [2.75, 3.05) is 32.7 Å². The van der Waals surface area contributed by atoms with Crippen molar-refractivity contribution in [2.24, 2.45) is 5.92 Å². The van der Waals surface area contributed by atoms with Gasteiger partial charge >= 0.3 is 0 Å². The lowest BCUT2D eigenvalue weighted by Gasteiger charge is -2.43. The second-order valence-corrected chi connectivity index (χ2v) is 11.7. The van der Waals surface area contributed by atoms with Gasteiger partial charge in [-0.05, 0) is 66.3 Å². The lowest BCUT2D eigenvalue weighted by atomic mass is 9.89. The molecule has 2 aliphatic heterocycles. The first-order valence-electron chi connectivity index (χ1n) is 13.5. The van der Waals surface area contributed by atoms with E-state index < -0.39 is 0 Å². The number of piperazine rings is 1. The summed E-state index contributed by atoms with van der Waals surface area (Å²) in [5.74, 6) is 0.895. The van der Waals surface area contributed by atoms with Gasteiger partial charge in [0.25, 0.3) is 0 Å². The van der Waals surface area contributed by atoms with E-state index in [4.69, 9.17) is 0 Å². The number of benzene rings is 2. The number of carbonyl (C=O) groups is 2. The molecular weight excluding hydrogens is 478 g/mol. The molecule has 3 heterocycles. The topological polar surface area (TPSA) is 43.9 Å². The van der Waals surface area contributed by atoms with E-state index in [1.54, 1.807) is 0 Å². The van der Waals surface area contributed by atoms with Crippen molar-refractivity contribution < 1.29 is 9.59 Å². The van der Waals surface area contributed by atoms with E-state index in [0.29, 0.717) is 32.1 Å². The maximum atomic E-state index is 13.8. The van der Waals surface area contributed by atoms with Crippen LogP contribution in [0.1, 0.15) is 52.4 Å². The number of nitrogens with zero attached hydrogens (tertiary/aromatic N) is 3. The molecule has 0 N–H and O–H groups in total. The van der Waals surface area contributed by atoms with Gasteiger partial charge in [-0.2, -0.15) is 0 Å². The van der Waals surface area contributed by atoms with Crippen LogP contribution in [0.3, 0.4) is 0 Å². The van der Waals surface area contributed by atoms with Gasteiger partial charge in [0.05, 0.1) is 12.1 Å². The first-order valence-corrected chi connectivity index (χ1v) is 14.4. The summed E-state index contributed by atoms with van der Waals surface area (Å²) in [6.07, 6.45) is 1.93. The van der Waals surface area contributed by atoms with Gasteiger partial charge in [-0.1, -0.05) is 54.6 Å². The zero-order valence-corrected chi connectivity index (χ0v) is 22.5. The zero-order chi connectivity index (χ0) is 25.5. The highest BCUT2D eigenvalue weighted by Crippen LogP contribution is 2.48. The minimum Gasteiger partial charge on any atom is -0.339 e. The first-order chi connectivity index (χ1) is 18.0. The normalized spacial score (nSPS) is 24.4. The molecule has 0 spiro atoms. The molecule has 192 valence electrons. The minimum atomic E-state index is -0.217. The van der Waals surface area contributed by atoms with E-state index in [0.717, 1.165) is 19.4 Å². The van der Waals surface area contributed by atoms with Gasteiger partial charge in [0.15, 0.2) is 0 Å². The number of aryl methyl sites for hydroxylation is 1. The average molecular weight is 514 g/mol. The van der Waals surface area contributed by atoms with Crippen LogP contribution in [0.25, 0.3) is 0 Å². The van der Waals surface area contributed by atoms with Crippen LogP contribution in [-0.2, 0) is 16.0 Å². The Labute approximate surface area is 223 Å². The molecule has 1 saturated carbocycles. The predicted octanol–water partition coefficient (Wildman–Crippen LogP) is 4.87. The molecular formula is C31H35N3O2S. The third-order valence-corrected chi connectivity index (χ3v) is 9.58. The van der Waals surface area contributed by atoms with Gasteiger partial charge in [0.1, 0.15) is 0 Å². The van der Waals surface area contributed by atoms with Gasteiger partial charge in [0.2, 0.25) is 11.8 Å². The van der Waals surface area contributed by atoms with Crippen LogP contribution in [0.4, 0.5) is 0 Å². The Balaban J connectivity index is 1.11. The summed E-state index contributed by atoms with van der Waals surface area (Å²) in [6.45, 7) is 7.60. The molecule has 0 radical (unpaired) electrons. The molecule has 1 aliphatic carbocycles. The highest BCUT2D eigenvalue weighted by molar-refractivity contribution is 7.10. The standard InChI is InChI=1S/C31H35N3O2S/c1-21-8-6-7-11-24(21)29-25-13-19-37-28(25)12-14-34(29)22(2)30(35)32-15-17-33(18-16-32)31(36)27-20-26(27)23-9-4-3-5-10-23/h3-11,13,19,22,26-27,29H,12,14-18,20H2,1-2H3/t22-,26+,27+,29-/m1/s1. The van der Waals surface area contributed by atoms with Gasteiger partial charge in [0, 0.05) is 43.5 Å². The van der Waals surface area contributed by atoms with E-state index in [2.05, 4.69) is 66.6 Å². The van der Waals surface area contributed by atoms with Crippen molar-refractivity contribution in [3.05, 3.63) is 93.2 Å². The van der Waals surface area contributed by atoms with Crippen LogP contribution in [0, 0.1) is 12.8 Å². The molecule has 6 rings (SSSR count). The summed E-state index contributed by atoms with van der Waals surface area (Å²) in [4.78, 5) is 34.7. The minimum absolute atomic E-state index is 0.0998. The van der Waals surface area contributed by atoms with Gasteiger partial charge < -0.3 is 9.80 Å². The van der Waals surface area contributed by atoms with Gasteiger partial charge in [-0.3, -0.25) is 14.5 Å². The summed E-state index contributed by atoms with van der Waals surface area (Å²) >= 11 is 1.83. The van der Waals surface area contributed by atoms with Crippen LogP contribution in [-0.4, -0.2) is 65.3 Å². The summed E-state index contributed by atoms with van der Waals surface area (Å²) in [5, 5.41) is 2.18. The lowest BCUT2D eigenvalue weighted by Crippen LogP contribution is -2.56. The van der Waals surface area contributed by atoms with E-state index in [-0.39, 0.29) is 29.8 Å². The summed E-state index contributed by atoms with van der Waals surface area (Å²) in [5.41, 5.74) is 5.16. The number of hydrogen-bond donors (Lipinski definition) is 0. The molecule has 37 heavy (non-hydrogen) atoms. The number of amides is 2. The highest BCUT2D eigenvalue weighted by Gasteiger charge is 2.46. The van der Waals surface area contributed by atoms with Gasteiger partial charge in [-0.25, -0.2) is 0 Å². The van der Waals surface area contributed by atoms with E-state index in [1.807, 2.05) is 39.3 Å². The fourth-order valence-electron chi connectivity index (χ4n) is 6.32. The Bertz CT molecular complexity index is 1280. The van der Waals surface area contributed by atoms with Crippen molar-refractivity contribution >= 4 is 23.2 Å². The molecule has 2 amide bonds. The second-order valence-electron chi connectivity index (χ2n) is 10.7. The third-order valence-electron chi connectivity index (χ3n) is 8.58. The van der Waals surface area contributed by atoms with Crippen LogP contribution >= 0.6 is 11.3 Å². The van der Waals surface area contributed by atoms with E-state index >= 15 is 0 Å². The largest absolute Gasteiger partial charge is 0.339 e. The van der Waals surface area contributed by atoms with Crippen LogP contribution in [0.15, 0.2) is 66.0 Å². The highest BCUT2D eigenvalue weighted by atomic mass is 32.1. The van der Waals surface area contributed by atoms with Crippen LogP contribution in [0.2, 0.25) is 0 Å². The maximum Gasteiger partial charge on any atom is 0.239 e. The molecule has 3 aliphatic rings. The Morgan fingerprint density at radius 1 is 0.865 bits per heavy atom. The average Bonchev–Trinajstić information content (AvgIpc) is 3.60. The van der Waals surface area contributed by atoms with Crippen molar-refractivity contribution in [2.45, 2.75) is 44.7 Å². The first kappa shape index (κ1) is 24.4.